The van der Waals surface area contributed by atoms with E-state index < -0.39 is 16.1 Å². The molecule has 0 bridgehead atoms. The average molecular weight is 399 g/mol. The van der Waals surface area contributed by atoms with Crippen molar-refractivity contribution in [2.24, 2.45) is 5.10 Å². The second-order valence-electron chi connectivity index (χ2n) is 6.31. The third-order valence-electron chi connectivity index (χ3n) is 4.51. The second kappa shape index (κ2) is 6.94. The summed E-state index contributed by atoms with van der Waals surface area (Å²) in [6.45, 7) is 0. The van der Waals surface area contributed by atoms with E-state index in [1.54, 1.807) is 24.2 Å². The van der Waals surface area contributed by atoms with E-state index in [0.29, 0.717) is 6.42 Å². The predicted molar refractivity (Wildman–Crippen MR) is 108 cm³/mol. The summed E-state index contributed by atoms with van der Waals surface area (Å²) in [6, 6.07) is 13.2. The zero-order valence-corrected chi connectivity index (χ0v) is 16.5. The highest BCUT2D eigenvalue weighted by molar-refractivity contribution is 7.98. The van der Waals surface area contributed by atoms with Gasteiger partial charge in [-0.15, -0.1) is 11.8 Å². The molecule has 2 aromatic carbocycles. The van der Waals surface area contributed by atoms with Gasteiger partial charge in [0.25, 0.3) is 0 Å². The first-order chi connectivity index (χ1) is 13.0. The molecule has 6 nitrogen and oxygen atoms in total. The van der Waals surface area contributed by atoms with Crippen molar-refractivity contribution in [1.82, 2.24) is 14.4 Å². The summed E-state index contributed by atoms with van der Waals surface area (Å²) < 4.78 is 26.0. The maximum atomic E-state index is 12.4. The minimum absolute atomic E-state index is 0.392. The number of aromatic nitrogens is 2. The molecule has 0 fully saturated rings. The van der Waals surface area contributed by atoms with Gasteiger partial charge in [0.1, 0.15) is 0 Å². The van der Waals surface area contributed by atoms with E-state index in [9.17, 15) is 8.42 Å². The monoisotopic (exact) mass is 398 g/mol. The van der Waals surface area contributed by atoms with Crippen LogP contribution in [0.25, 0.3) is 11.0 Å². The van der Waals surface area contributed by atoms with E-state index in [2.05, 4.69) is 15.1 Å². The highest BCUT2D eigenvalue weighted by atomic mass is 32.2. The third kappa shape index (κ3) is 3.42. The van der Waals surface area contributed by atoms with Gasteiger partial charge in [0.05, 0.1) is 29.0 Å². The summed E-state index contributed by atoms with van der Waals surface area (Å²) in [4.78, 5) is 9.69. The molecule has 2 heterocycles. The number of rotatable bonds is 4. The van der Waals surface area contributed by atoms with Gasteiger partial charge < -0.3 is 0 Å². The molecule has 27 heavy (non-hydrogen) atoms. The Hall–Kier alpha value is -2.45. The average Bonchev–Trinajstić information content (AvgIpc) is 3.13. The van der Waals surface area contributed by atoms with Gasteiger partial charge >= 0.3 is 0 Å². The number of hydrogen-bond donors (Lipinski definition) is 0. The van der Waals surface area contributed by atoms with Gasteiger partial charge in [-0.2, -0.15) is 9.52 Å². The maximum absolute atomic E-state index is 12.4. The minimum atomic E-state index is -3.51. The molecule has 0 aliphatic carbocycles. The Morgan fingerprint density at radius 2 is 1.81 bits per heavy atom. The van der Waals surface area contributed by atoms with Crippen LogP contribution in [0.15, 0.2) is 64.9 Å². The van der Waals surface area contributed by atoms with Crippen LogP contribution < -0.4 is 0 Å². The molecule has 0 saturated heterocycles. The van der Waals surface area contributed by atoms with Crippen molar-refractivity contribution in [2.75, 3.05) is 12.5 Å². The van der Waals surface area contributed by atoms with Crippen LogP contribution in [0.5, 0.6) is 0 Å². The molecule has 0 spiro atoms. The lowest BCUT2D eigenvalue weighted by molar-refractivity contribution is 0.375. The van der Waals surface area contributed by atoms with Gasteiger partial charge in [-0.1, -0.05) is 24.3 Å². The second-order valence-corrected chi connectivity index (χ2v) is 9.00. The molecule has 138 valence electrons. The Balaban J connectivity index is 1.79. The Labute approximate surface area is 162 Å². The van der Waals surface area contributed by atoms with Crippen molar-refractivity contribution in [2.45, 2.75) is 17.4 Å². The van der Waals surface area contributed by atoms with E-state index in [1.165, 1.54) is 10.7 Å². The van der Waals surface area contributed by atoms with Crippen molar-refractivity contribution in [3.63, 3.8) is 0 Å². The fraction of sp³-hybridized carbons (Fsp3) is 0.211. The lowest BCUT2D eigenvalue weighted by Crippen LogP contribution is -2.25. The molecule has 0 radical (unpaired) electrons. The molecule has 1 atom stereocenters. The summed E-state index contributed by atoms with van der Waals surface area (Å²) in [5.74, 6) is 0. The maximum Gasteiger partial charge on any atom is 0.247 e. The fourth-order valence-electron chi connectivity index (χ4n) is 3.28. The summed E-state index contributed by atoms with van der Waals surface area (Å²) >= 11 is 1.62. The minimum Gasteiger partial charge on any atom is -0.253 e. The SMILES string of the molecule is CSc1ccccc1C1=NN(S(C)(=O)=O)[C@H](c2ccc3nccnc3c2)C1. The first kappa shape index (κ1) is 17.9. The number of nitrogens with zero attached hydrogens (tertiary/aromatic N) is 4. The first-order valence-corrected chi connectivity index (χ1v) is 11.5. The van der Waals surface area contributed by atoms with Crippen molar-refractivity contribution in [3.05, 3.63) is 66.0 Å². The van der Waals surface area contributed by atoms with E-state index >= 15 is 0 Å². The quantitative estimate of drug-likeness (QED) is 0.629. The number of sulfonamides is 1. The van der Waals surface area contributed by atoms with E-state index in [-0.39, 0.29) is 0 Å². The molecule has 8 heteroatoms. The van der Waals surface area contributed by atoms with Crippen LogP contribution >= 0.6 is 11.8 Å². The molecule has 1 aromatic heterocycles. The number of hydrazone groups is 1. The van der Waals surface area contributed by atoms with Gasteiger partial charge in [-0.3, -0.25) is 9.97 Å². The van der Waals surface area contributed by atoms with Gasteiger partial charge in [-0.05, 0) is 30.0 Å². The van der Waals surface area contributed by atoms with Crippen LogP contribution in [0.3, 0.4) is 0 Å². The molecular weight excluding hydrogens is 380 g/mol. The first-order valence-electron chi connectivity index (χ1n) is 8.38. The topological polar surface area (TPSA) is 75.5 Å². The van der Waals surface area contributed by atoms with E-state index in [0.717, 1.165) is 32.8 Å². The molecule has 0 amide bonds. The molecule has 1 aliphatic heterocycles. The van der Waals surface area contributed by atoms with Crippen LogP contribution in [0.1, 0.15) is 23.6 Å². The molecule has 1 aliphatic rings. The number of fused-ring (bicyclic) bond motifs is 1. The molecule has 0 N–H and O–H groups in total. The Morgan fingerprint density at radius 1 is 1.07 bits per heavy atom. The van der Waals surface area contributed by atoms with Gasteiger partial charge in [0.2, 0.25) is 10.0 Å². The number of hydrogen-bond acceptors (Lipinski definition) is 6. The van der Waals surface area contributed by atoms with E-state index in [1.807, 2.05) is 48.7 Å². The van der Waals surface area contributed by atoms with Gasteiger partial charge in [0.15, 0.2) is 0 Å². The normalized spacial score (nSPS) is 17.3. The van der Waals surface area contributed by atoms with Crippen molar-refractivity contribution < 1.29 is 8.42 Å². The summed E-state index contributed by atoms with van der Waals surface area (Å²) in [7, 11) is -3.51. The zero-order chi connectivity index (χ0) is 19.0. The van der Waals surface area contributed by atoms with Crippen LogP contribution in [-0.2, 0) is 10.0 Å². The number of benzene rings is 2. The van der Waals surface area contributed by atoms with Gasteiger partial charge in [-0.25, -0.2) is 8.42 Å². The Kier molecular flexibility index (Phi) is 4.61. The van der Waals surface area contributed by atoms with Crippen LogP contribution in [-0.4, -0.2) is 41.0 Å². The predicted octanol–water partition coefficient (Wildman–Crippen LogP) is 3.46. The Bertz CT molecular complexity index is 1150. The summed E-state index contributed by atoms with van der Waals surface area (Å²) in [5, 5.41) is 4.49. The highest BCUT2D eigenvalue weighted by Gasteiger charge is 2.35. The Morgan fingerprint density at radius 3 is 2.56 bits per heavy atom. The molecule has 0 unspecified atom stereocenters. The van der Waals surface area contributed by atoms with Crippen molar-refractivity contribution >= 4 is 38.5 Å². The van der Waals surface area contributed by atoms with Crippen LogP contribution in [0.2, 0.25) is 0 Å². The van der Waals surface area contributed by atoms with Gasteiger partial charge in [0, 0.05) is 29.3 Å². The molecular formula is C19H18N4O2S2. The standard InChI is InChI=1S/C19H18N4O2S2/c1-26-19-6-4-3-5-14(19)16-12-18(23(22-16)27(2,24)25)13-7-8-15-17(11-13)21-10-9-20-15/h3-11,18H,12H2,1-2H3/t18-/m0/s1. The fourth-order valence-corrected chi connectivity index (χ4v) is 4.80. The largest absolute Gasteiger partial charge is 0.253 e. The molecule has 3 aromatic rings. The zero-order valence-electron chi connectivity index (χ0n) is 14.9. The van der Waals surface area contributed by atoms with Crippen LogP contribution in [0.4, 0.5) is 0 Å². The van der Waals surface area contributed by atoms with Crippen molar-refractivity contribution in [3.8, 4) is 0 Å². The van der Waals surface area contributed by atoms with Crippen molar-refractivity contribution in [1.29, 1.82) is 0 Å². The summed E-state index contributed by atoms with van der Waals surface area (Å²) in [6.07, 6.45) is 6.97. The molecule has 0 saturated carbocycles. The molecule has 4 rings (SSSR count). The number of thioether (sulfide) groups is 1. The smallest absolute Gasteiger partial charge is 0.247 e. The third-order valence-corrected chi connectivity index (χ3v) is 6.32. The van der Waals surface area contributed by atoms with Crippen LogP contribution in [0, 0.1) is 0 Å². The lowest BCUT2D eigenvalue weighted by Gasteiger charge is -2.21. The van der Waals surface area contributed by atoms with E-state index in [4.69, 9.17) is 0 Å². The highest BCUT2D eigenvalue weighted by Crippen LogP contribution is 2.37. The lowest BCUT2D eigenvalue weighted by atomic mass is 9.98. The summed E-state index contributed by atoms with van der Waals surface area (Å²) in [5.41, 5.74) is 4.12.